The highest BCUT2D eigenvalue weighted by Crippen LogP contribution is 2.16. The van der Waals surface area contributed by atoms with Crippen molar-refractivity contribution >= 4 is 11.6 Å². The summed E-state index contributed by atoms with van der Waals surface area (Å²) >= 11 is 0. The van der Waals surface area contributed by atoms with Crippen LogP contribution in [-0.2, 0) is 11.3 Å². The van der Waals surface area contributed by atoms with Crippen LogP contribution >= 0.6 is 0 Å². The number of benzene rings is 2. The molecule has 0 saturated heterocycles. The molecule has 0 unspecified atom stereocenters. The summed E-state index contributed by atoms with van der Waals surface area (Å²) in [6.07, 6.45) is 0. The van der Waals surface area contributed by atoms with E-state index in [9.17, 15) is 13.6 Å². The van der Waals surface area contributed by atoms with E-state index >= 15 is 0 Å². The molecule has 4 nitrogen and oxygen atoms in total. The number of rotatable bonds is 6. The van der Waals surface area contributed by atoms with Crippen molar-refractivity contribution in [2.45, 2.75) is 6.54 Å². The van der Waals surface area contributed by atoms with Crippen molar-refractivity contribution < 1.29 is 18.3 Å². The summed E-state index contributed by atoms with van der Waals surface area (Å²) < 4.78 is 31.5. The van der Waals surface area contributed by atoms with Gasteiger partial charge in [-0.3, -0.25) is 9.69 Å². The van der Waals surface area contributed by atoms with E-state index in [1.54, 1.807) is 19.1 Å². The Balaban J connectivity index is 1.91. The lowest BCUT2D eigenvalue weighted by atomic mass is 10.2. The lowest BCUT2D eigenvalue weighted by Crippen LogP contribution is -2.30. The highest BCUT2D eigenvalue weighted by Gasteiger charge is 2.11. The number of hydrogen-bond acceptors (Lipinski definition) is 3. The molecule has 0 aliphatic rings. The smallest absolute Gasteiger partial charge is 0.238 e. The summed E-state index contributed by atoms with van der Waals surface area (Å²) in [6, 6.07) is 10.5. The van der Waals surface area contributed by atoms with Gasteiger partial charge in [0.2, 0.25) is 5.91 Å². The van der Waals surface area contributed by atoms with Crippen LogP contribution in [0, 0.1) is 11.6 Å². The molecule has 2 aromatic rings. The van der Waals surface area contributed by atoms with Gasteiger partial charge in [-0.2, -0.15) is 0 Å². The van der Waals surface area contributed by atoms with Gasteiger partial charge in [-0.25, -0.2) is 8.78 Å². The molecule has 0 saturated carbocycles. The van der Waals surface area contributed by atoms with Gasteiger partial charge >= 0.3 is 0 Å². The number of nitrogens with one attached hydrogen (secondary N) is 1. The van der Waals surface area contributed by atoms with Crippen molar-refractivity contribution in [3.8, 4) is 5.75 Å². The maximum atomic E-state index is 13.5. The van der Waals surface area contributed by atoms with Crippen LogP contribution in [0.5, 0.6) is 5.75 Å². The Morgan fingerprint density at radius 1 is 1.22 bits per heavy atom. The molecule has 6 heteroatoms. The van der Waals surface area contributed by atoms with Gasteiger partial charge in [-0.15, -0.1) is 0 Å². The molecule has 0 bridgehead atoms. The second kappa shape index (κ2) is 7.69. The minimum atomic E-state index is -0.797. The number of likely N-dealkylation sites (N-methyl/N-ethyl adjacent to an activating group) is 1. The maximum absolute atomic E-state index is 13.5. The molecule has 0 aliphatic carbocycles. The van der Waals surface area contributed by atoms with Crippen molar-refractivity contribution in [1.82, 2.24) is 4.90 Å². The van der Waals surface area contributed by atoms with Crippen LogP contribution in [0.3, 0.4) is 0 Å². The molecule has 0 atom stereocenters. The summed E-state index contributed by atoms with van der Waals surface area (Å²) in [4.78, 5) is 13.7. The molecule has 2 rings (SSSR count). The summed E-state index contributed by atoms with van der Waals surface area (Å²) in [6.45, 7) is 0.616. The lowest BCUT2D eigenvalue weighted by molar-refractivity contribution is -0.117. The number of ether oxygens (including phenoxy) is 1. The molecule has 0 aliphatic heterocycles. The first-order chi connectivity index (χ1) is 11.0. The summed E-state index contributed by atoms with van der Waals surface area (Å²) in [5, 5.41) is 2.43. The fourth-order valence-corrected chi connectivity index (χ4v) is 2.16. The van der Waals surface area contributed by atoms with E-state index in [0.29, 0.717) is 6.54 Å². The number of carbonyl (C=O) groups excluding carboxylic acids is 1. The molecule has 0 heterocycles. The Morgan fingerprint density at radius 2 is 2.00 bits per heavy atom. The zero-order chi connectivity index (χ0) is 16.8. The van der Waals surface area contributed by atoms with Crippen LogP contribution in [-0.4, -0.2) is 31.5 Å². The normalized spacial score (nSPS) is 10.7. The van der Waals surface area contributed by atoms with Gasteiger partial charge in [-0.1, -0.05) is 12.1 Å². The minimum absolute atomic E-state index is 0.0359. The van der Waals surface area contributed by atoms with Gasteiger partial charge in [0, 0.05) is 12.6 Å². The number of carbonyl (C=O) groups is 1. The van der Waals surface area contributed by atoms with Crippen molar-refractivity contribution in [3.05, 3.63) is 59.7 Å². The molecule has 1 N–H and O–H groups in total. The van der Waals surface area contributed by atoms with Crippen molar-refractivity contribution in [2.75, 3.05) is 26.0 Å². The molecule has 0 radical (unpaired) electrons. The van der Waals surface area contributed by atoms with Gasteiger partial charge in [-0.05, 0) is 36.9 Å². The highest BCUT2D eigenvalue weighted by atomic mass is 19.1. The monoisotopic (exact) mass is 320 g/mol. The predicted molar refractivity (Wildman–Crippen MR) is 84.3 cm³/mol. The molecule has 0 spiro atoms. The second-order valence-electron chi connectivity index (χ2n) is 5.20. The first-order valence-corrected chi connectivity index (χ1v) is 7.04. The third-order valence-electron chi connectivity index (χ3n) is 3.21. The van der Waals surface area contributed by atoms with Crippen LogP contribution in [0.2, 0.25) is 0 Å². The van der Waals surface area contributed by atoms with Gasteiger partial charge < -0.3 is 10.1 Å². The Labute approximate surface area is 133 Å². The summed E-state index contributed by atoms with van der Waals surface area (Å²) in [5.41, 5.74) is 0.957. The van der Waals surface area contributed by atoms with E-state index in [4.69, 9.17) is 4.74 Å². The highest BCUT2D eigenvalue weighted by molar-refractivity contribution is 5.92. The molecule has 23 heavy (non-hydrogen) atoms. The fraction of sp³-hybridized carbons (Fsp3) is 0.235. The summed E-state index contributed by atoms with van der Waals surface area (Å²) in [5.74, 6) is -1.11. The largest absolute Gasteiger partial charge is 0.497 e. The molecule has 0 aromatic heterocycles. The van der Waals surface area contributed by atoms with Crippen molar-refractivity contribution in [1.29, 1.82) is 0 Å². The molecule has 0 fully saturated rings. The van der Waals surface area contributed by atoms with Crippen LogP contribution in [0.1, 0.15) is 5.56 Å². The van der Waals surface area contributed by atoms with Gasteiger partial charge in [0.15, 0.2) is 0 Å². The molecular formula is C17H18F2N2O2. The average Bonchev–Trinajstić information content (AvgIpc) is 2.50. The van der Waals surface area contributed by atoms with E-state index in [0.717, 1.165) is 23.4 Å². The number of hydrogen-bond donors (Lipinski definition) is 1. The molecule has 122 valence electrons. The third-order valence-corrected chi connectivity index (χ3v) is 3.21. The van der Waals surface area contributed by atoms with E-state index in [2.05, 4.69) is 5.32 Å². The van der Waals surface area contributed by atoms with E-state index < -0.39 is 11.6 Å². The topological polar surface area (TPSA) is 41.6 Å². The van der Waals surface area contributed by atoms with Gasteiger partial charge in [0.1, 0.15) is 17.4 Å². The zero-order valence-corrected chi connectivity index (χ0v) is 13.0. The number of halogens is 2. The van der Waals surface area contributed by atoms with Crippen molar-refractivity contribution in [2.24, 2.45) is 0 Å². The van der Waals surface area contributed by atoms with E-state index in [1.165, 1.54) is 6.07 Å². The van der Waals surface area contributed by atoms with E-state index in [-0.39, 0.29) is 18.1 Å². The lowest BCUT2D eigenvalue weighted by Gasteiger charge is -2.17. The van der Waals surface area contributed by atoms with E-state index in [1.807, 2.05) is 24.3 Å². The Hall–Kier alpha value is -2.47. The van der Waals surface area contributed by atoms with Crippen LogP contribution in [0.15, 0.2) is 42.5 Å². The standard InChI is InChI=1S/C17H18F2N2O2/c1-21(10-12-4-3-5-14(8-12)23-2)11-17(22)20-16-7-6-13(18)9-15(16)19/h3-9H,10-11H2,1-2H3,(H,20,22). The third kappa shape index (κ3) is 5.03. The number of amides is 1. The predicted octanol–water partition coefficient (Wildman–Crippen LogP) is 3.04. The molecule has 2 aromatic carbocycles. The van der Waals surface area contributed by atoms with Crippen molar-refractivity contribution in [3.63, 3.8) is 0 Å². The maximum Gasteiger partial charge on any atom is 0.238 e. The SMILES string of the molecule is COc1cccc(CN(C)CC(=O)Nc2ccc(F)cc2F)c1. The molecular weight excluding hydrogens is 302 g/mol. The number of anilines is 1. The Bertz CT molecular complexity index is 692. The quantitative estimate of drug-likeness (QED) is 0.889. The van der Waals surface area contributed by atoms with Crippen LogP contribution < -0.4 is 10.1 Å². The van der Waals surface area contributed by atoms with Gasteiger partial charge in [0.25, 0.3) is 0 Å². The first kappa shape index (κ1) is 16.9. The van der Waals surface area contributed by atoms with Gasteiger partial charge in [0.05, 0.1) is 19.3 Å². The minimum Gasteiger partial charge on any atom is -0.497 e. The Kier molecular flexibility index (Phi) is 5.65. The number of methoxy groups -OCH3 is 1. The first-order valence-electron chi connectivity index (χ1n) is 7.04. The zero-order valence-electron chi connectivity index (χ0n) is 13.0. The summed E-state index contributed by atoms with van der Waals surface area (Å²) in [7, 11) is 3.37. The Morgan fingerprint density at radius 3 is 2.70 bits per heavy atom. The molecule has 1 amide bonds. The van der Waals surface area contributed by atoms with Crippen LogP contribution in [0.4, 0.5) is 14.5 Å². The average molecular weight is 320 g/mol. The number of nitrogens with zero attached hydrogens (tertiary/aromatic N) is 1. The second-order valence-corrected chi connectivity index (χ2v) is 5.20. The fourth-order valence-electron chi connectivity index (χ4n) is 2.16. The van der Waals surface area contributed by atoms with Crippen LogP contribution in [0.25, 0.3) is 0 Å².